The summed E-state index contributed by atoms with van der Waals surface area (Å²) in [5.74, 6) is 0.356. The number of likely N-dealkylation sites (tertiary alicyclic amines) is 1. The van der Waals surface area contributed by atoms with E-state index in [0.29, 0.717) is 12.3 Å². The Balaban J connectivity index is 1.52. The molecule has 3 rings (SSSR count). The number of benzene rings is 1. The molecule has 2 N–H and O–H groups in total. The zero-order valence-corrected chi connectivity index (χ0v) is 14.7. The zero-order valence-electron chi connectivity index (χ0n) is 13.9. The lowest BCUT2D eigenvalue weighted by Gasteiger charge is -2.13. The van der Waals surface area contributed by atoms with E-state index in [1.165, 1.54) is 11.3 Å². The van der Waals surface area contributed by atoms with Crippen LogP contribution in [-0.4, -0.2) is 40.6 Å². The van der Waals surface area contributed by atoms with Crippen molar-refractivity contribution in [3.8, 4) is 0 Å². The first-order valence-corrected chi connectivity index (χ1v) is 9.14. The molecule has 1 saturated heterocycles. The Labute approximate surface area is 146 Å². The number of carbonyl (C=O) groups is 1. The fourth-order valence-electron chi connectivity index (χ4n) is 2.98. The Morgan fingerprint density at radius 1 is 1.46 bits per heavy atom. The predicted molar refractivity (Wildman–Crippen MR) is 96.1 cm³/mol. The fourth-order valence-corrected chi connectivity index (χ4v) is 3.77. The molecule has 0 radical (unpaired) electrons. The minimum atomic E-state index is -0.0354. The highest BCUT2D eigenvalue weighted by molar-refractivity contribution is 7.09. The minimum absolute atomic E-state index is 0.0354. The second-order valence-electron chi connectivity index (χ2n) is 6.34. The average Bonchev–Trinajstić information content (AvgIpc) is 3.19. The molecule has 1 aromatic heterocycles. The molecule has 1 aromatic carbocycles. The van der Waals surface area contributed by atoms with Gasteiger partial charge in [-0.3, -0.25) is 9.69 Å². The van der Waals surface area contributed by atoms with E-state index in [4.69, 9.17) is 0 Å². The lowest BCUT2D eigenvalue weighted by Crippen LogP contribution is -2.21. The molecule has 24 heavy (non-hydrogen) atoms. The summed E-state index contributed by atoms with van der Waals surface area (Å²) in [6.07, 6.45) is 1.35. The van der Waals surface area contributed by atoms with Crippen LogP contribution in [0.5, 0.6) is 0 Å². The molecule has 1 aliphatic heterocycles. The number of para-hydroxylation sites is 1. The summed E-state index contributed by atoms with van der Waals surface area (Å²) < 4.78 is 0. The van der Waals surface area contributed by atoms with Crippen LogP contribution in [0.1, 0.15) is 22.7 Å². The summed E-state index contributed by atoms with van der Waals surface area (Å²) in [6.45, 7) is 4.97. The first-order chi connectivity index (χ1) is 11.6. The number of nitrogens with zero attached hydrogens (tertiary/aromatic N) is 2. The minimum Gasteiger partial charge on any atom is -0.396 e. The average molecular weight is 345 g/mol. The molecule has 6 heteroatoms. The molecule has 0 bridgehead atoms. The number of amides is 1. The van der Waals surface area contributed by atoms with Crippen molar-refractivity contribution in [1.29, 1.82) is 0 Å². The maximum Gasteiger partial charge on any atom is 0.231 e. The number of aliphatic hydroxyl groups is 1. The summed E-state index contributed by atoms with van der Waals surface area (Å²) in [4.78, 5) is 19.1. The number of nitrogens with one attached hydrogen (secondary N) is 1. The largest absolute Gasteiger partial charge is 0.396 e. The van der Waals surface area contributed by atoms with Crippen LogP contribution in [0.25, 0.3) is 0 Å². The van der Waals surface area contributed by atoms with Gasteiger partial charge < -0.3 is 10.4 Å². The van der Waals surface area contributed by atoms with Crippen LogP contribution in [-0.2, 0) is 17.8 Å². The number of aryl methyl sites for hydroxylation is 1. The van der Waals surface area contributed by atoms with Crippen LogP contribution in [0.3, 0.4) is 0 Å². The van der Waals surface area contributed by atoms with Crippen molar-refractivity contribution in [1.82, 2.24) is 9.88 Å². The Bertz CT molecular complexity index is 701. The molecular formula is C18H23N3O2S. The normalized spacial score (nSPS) is 18.0. The molecule has 1 unspecified atom stereocenters. The lowest BCUT2D eigenvalue weighted by molar-refractivity contribution is -0.115. The molecule has 5 nitrogen and oxygen atoms in total. The van der Waals surface area contributed by atoms with E-state index in [1.807, 2.05) is 36.6 Å². The Morgan fingerprint density at radius 2 is 2.29 bits per heavy atom. The van der Waals surface area contributed by atoms with Gasteiger partial charge in [0.1, 0.15) is 5.01 Å². The third-order valence-electron chi connectivity index (χ3n) is 4.34. The molecule has 0 spiro atoms. The SMILES string of the molecule is Cc1ccccc1NC(=O)Cc1nc(CN2CCC(CO)C2)cs1. The van der Waals surface area contributed by atoms with Crippen molar-refractivity contribution in [2.75, 3.05) is 25.0 Å². The first-order valence-electron chi connectivity index (χ1n) is 8.26. The third kappa shape index (κ3) is 4.41. The van der Waals surface area contributed by atoms with Gasteiger partial charge in [-0.25, -0.2) is 4.98 Å². The third-order valence-corrected chi connectivity index (χ3v) is 5.24. The number of hydrogen-bond donors (Lipinski definition) is 2. The van der Waals surface area contributed by atoms with Gasteiger partial charge >= 0.3 is 0 Å². The van der Waals surface area contributed by atoms with Gasteiger partial charge in [0, 0.05) is 30.8 Å². The number of anilines is 1. The summed E-state index contributed by atoms with van der Waals surface area (Å²) in [5, 5.41) is 15.0. The van der Waals surface area contributed by atoms with Crippen LogP contribution in [0.4, 0.5) is 5.69 Å². The van der Waals surface area contributed by atoms with Gasteiger partial charge in [0.05, 0.1) is 12.1 Å². The molecule has 2 aromatic rings. The predicted octanol–water partition coefficient (Wildman–Crippen LogP) is 2.45. The summed E-state index contributed by atoms with van der Waals surface area (Å²) in [7, 11) is 0. The van der Waals surface area contributed by atoms with E-state index in [2.05, 4.69) is 15.2 Å². The highest BCUT2D eigenvalue weighted by Crippen LogP contribution is 2.20. The Morgan fingerprint density at radius 3 is 3.04 bits per heavy atom. The number of rotatable bonds is 6. The van der Waals surface area contributed by atoms with Gasteiger partial charge in [0.25, 0.3) is 0 Å². The van der Waals surface area contributed by atoms with Crippen LogP contribution in [0.2, 0.25) is 0 Å². The first kappa shape index (κ1) is 17.1. The quantitative estimate of drug-likeness (QED) is 0.844. The topological polar surface area (TPSA) is 65.5 Å². The van der Waals surface area contributed by atoms with Crippen molar-refractivity contribution in [3.05, 3.63) is 45.9 Å². The molecule has 2 heterocycles. The molecule has 0 aliphatic carbocycles. The van der Waals surface area contributed by atoms with Crippen LogP contribution in [0, 0.1) is 12.8 Å². The summed E-state index contributed by atoms with van der Waals surface area (Å²) in [5.41, 5.74) is 2.92. The lowest BCUT2D eigenvalue weighted by atomic mass is 10.1. The van der Waals surface area contributed by atoms with E-state index in [0.717, 1.165) is 48.0 Å². The molecular weight excluding hydrogens is 322 g/mol. The van der Waals surface area contributed by atoms with Gasteiger partial charge in [0.15, 0.2) is 0 Å². The van der Waals surface area contributed by atoms with Crippen molar-refractivity contribution in [2.24, 2.45) is 5.92 Å². The Kier molecular flexibility index (Phi) is 5.60. The number of aromatic nitrogens is 1. The van der Waals surface area contributed by atoms with Crippen molar-refractivity contribution in [3.63, 3.8) is 0 Å². The molecule has 1 fully saturated rings. The monoisotopic (exact) mass is 345 g/mol. The van der Waals surface area contributed by atoms with Crippen molar-refractivity contribution in [2.45, 2.75) is 26.3 Å². The van der Waals surface area contributed by atoms with Gasteiger partial charge in [-0.15, -0.1) is 11.3 Å². The highest BCUT2D eigenvalue weighted by atomic mass is 32.1. The van der Waals surface area contributed by atoms with Crippen LogP contribution in [0.15, 0.2) is 29.6 Å². The van der Waals surface area contributed by atoms with Gasteiger partial charge in [-0.05, 0) is 37.4 Å². The molecule has 128 valence electrons. The summed E-state index contributed by atoms with van der Waals surface area (Å²) >= 11 is 1.53. The Hall–Kier alpha value is -1.76. The van der Waals surface area contributed by atoms with E-state index in [9.17, 15) is 9.90 Å². The van der Waals surface area contributed by atoms with E-state index < -0.39 is 0 Å². The number of carbonyl (C=O) groups excluding carboxylic acids is 1. The molecule has 1 aliphatic rings. The smallest absolute Gasteiger partial charge is 0.231 e. The number of thiazole rings is 1. The highest BCUT2D eigenvalue weighted by Gasteiger charge is 2.22. The number of hydrogen-bond acceptors (Lipinski definition) is 5. The van der Waals surface area contributed by atoms with Crippen molar-refractivity contribution < 1.29 is 9.90 Å². The molecule has 1 amide bonds. The zero-order chi connectivity index (χ0) is 16.9. The number of aliphatic hydroxyl groups excluding tert-OH is 1. The van der Waals surface area contributed by atoms with Gasteiger partial charge in [-0.2, -0.15) is 0 Å². The second kappa shape index (κ2) is 7.88. The van der Waals surface area contributed by atoms with Crippen LogP contribution < -0.4 is 5.32 Å². The van der Waals surface area contributed by atoms with Crippen molar-refractivity contribution >= 4 is 22.9 Å². The van der Waals surface area contributed by atoms with E-state index >= 15 is 0 Å². The molecule has 0 saturated carbocycles. The summed E-state index contributed by atoms with van der Waals surface area (Å²) in [6, 6.07) is 7.76. The fraction of sp³-hybridized carbons (Fsp3) is 0.444. The van der Waals surface area contributed by atoms with Crippen LogP contribution >= 0.6 is 11.3 Å². The maximum absolute atomic E-state index is 12.2. The van der Waals surface area contributed by atoms with Gasteiger partial charge in [-0.1, -0.05) is 18.2 Å². The maximum atomic E-state index is 12.2. The second-order valence-corrected chi connectivity index (χ2v) is 7.29. The van der Waals surface area contributed by atoms with Gasteiger partial charge in [0.2, 0.25) is 5.91 Å². The van der Waals surface area contributed by atoms with E-state index in [-0.39, 0.29) is 12.5 Å². The standard InChI is InChI=1S/C18H23N3O2S/c1-13-4-2-3-5-16(13)20-17(23)8-18-19-15(12-24-18)10-21-7-6-14(9-21)11-22/h2-5,12,14,22H,6-11H2,1H3,(H,20,23). The molecule has 1 atom stereocenters. The van der Waals surface area contributed by atoms with E-state index in [1.54, 1.807) is 0 Å².